The summed E-state index contributed by atoms with van der Waals surface area (Å²) in [6.45, 7) is 6.42. The number of rotatable bonds is 3. The maximum absolute atomic E-state index is 10.5. The Morgan fingerprint density at radius 2 is 1.84 bits per heavy atom. The molecule has 1 aromatic heterocycles. The molecule has 0 aliphatic rings. The Balaban J connectivity index is 2.23. The Morgan fingerprint density at radius 1 is 1.21 bits per heavy atom. The maximum Gasteiger partial charge on any atom is 0.312 e. The van der Waals surface area contributed by atoms with Crippen LogP contribution >= 0.6 is 0 Å². The lowest BCUT2D eigenvalue weighted by Crippen LogP contribution is -2.10. The summed E-state index contributed by atoms with van der Waals surface area (Å²) < 4.78 is 5.30. The fraction of sp³-hybridized carbons (Fsp3) is 0.357. The number of carboxylic acids is 1. The molecule has 2 rings (SSSR count). The minimum Gasteiger partial charge on any atom is -0.481 e. The highest BCUT2D eigenvalue weighted by atomic mass is 16.4. The predicted molar refractivity (Wildman–Crippen MR) is 69.8 cm³/mol. The molecule has 100 valence electrons. The quantitative estimate of drug-likeness (QED) is 0.918. The third-order valence-corrected chi connectivity index (χ3v) is 2.77. The summed E-state index contributed by atoms with van der Waals surface area (Å²) in [5.41, 5.74) is 2.08. The van der Waals surface area contributed by atoms with E-state index in [2.05, 4.69) is 31.0 Å². The molecule has 0 fully saturated rings. The Kier molecular flexibility index (Phi) is 3.38. The predicted octanol–water partition coefficient (Wildman–Crippen LogP) is 2.66. The lowest BCUT2D eigenvalue weighted by molar-refractivity contribution is -0.136. The van der Waals surface area contributed by atoms with Gasteiger partial charge in [0.2, 0.25) is 11.8 Å². The molecule has 5 nitrogen and oxygen atoms in total. The molecule has 0 spiro atoms. The topological polar surface area (TPSA) is 76.2 Å². The van der Waals surface area contributed by atoms with Crippen LogP contribution < -0.4 is 0 Å². The molecule has 0 radical (unpaired) electrons. The lowest BCUT2D eigenvalue weighted by Gasteiger charge is -2.18. The van der Waals surface area contributed by atoms with E-state index in [1.54, 1.807) is 0 Å². The van der Waals surface area contributed by atoms with E-state index in [0.717, 1.165) is 5.56 Å². The van der Waals surface area contributed by atoms with Crippen LogP contribution in [-0.4, -0.2) is 21.3 Å². The zero-order valence-electron chi connectivity index (χ0n) is 11.2. The first-order chi connectivity index (χ1) is 8.86. The van der Waals surface area contributed by atoms with Crippen LogP contribution in [0.4, 0.5) is 0 Å². The number of hydrogen-bond donors (Lipinski definition) is 1. The fourth-order valence-electron chi connectivity index (χ4n) is 1.68. The molecule has 0 amide bonds. The van der Waals surface area contributed by atoms with Gasteiger partial charge in [0, 0.05) is 5.56 Å². The van der Waals surface area contributed by atoms with E-state index in [4.69, 9.17) is 9.52 Å². The van der Waals surface area contributed by atoms with Crippen LogP contribution in [0.15, 0.2) is 28.7 Å². The summed E-state index contributed by atoms with van der Waals surface area (Å²) in [5, 5.41) is 16.2. The van der Waals surface area contributed by atoms with Crippen molar-refractivity contribution in [2.75, 3.05) is 0 Å². The average molecular weight is 260 g/mol. The zero-order valence-corrected chi connectivity index (χ0v) is 11.2. The molecule has 5 heteroatoms. The van der Waals surface area contributed by atoms with Gasteiger partial charge in [-0.25, -0.2) is 0 Å². The zero-order chi connectivity index (χ0) is 14.0. The normalized spacial score (nSPS) is 11.5. The highest BCUT2D eigenvalue weighted by Crippen LogP contribution is 2.25. The van der Waals surface area contributed by atoms with E-state index in [-0.39, 0.29) is 17.7 Å². The van der Waals surface area contributed by atoms with Crippen molar-refractivity contribution in [2.24, 2.45) is 0 Å². The van der Waals surface area contributed by atoms with Gasteiger partial charge in [-0.3, -0.25) is 4.79 Å². The summed E-state index contributed by atoms with van der Waals surface area (Å²) in [4.78, 5) is 10.5. The van der Waals surface area contributed by atoms with Crippen LogP contribution in [0.2, 0.25) is 0 Å². The van der Waals surface area contributed by atoms with E-state index in [0.29, 0.717) is 5.89 Å². The van der Waals surface area contributed by atoms with Gasteiger partial charge in [-0.2, -0.15) is 0 Å². The Hall–Kier alpha value is -2.17. The number of nitrogens with zero attached hydrogens (tertiary/aromatic N) is 2. The lowest BCUT2D eigenvalue weighted by atomic mass is 9.87. The van der Waals surface area contributed by atoms with E-state index in [1.807, 2.05) is 24.3 Å². The molecule has 1 heterocycles. The van der Waals surface area contributed by atoms with Gasteiger partial charge in [0.25, 0.3) is 0 Å². The molecule has 2 aromatic rings. The molecule has 0 aliphatic heterocycles. The minimum atomic E-state index is -0.988. The minimum absolute atomic E-state index is 0.0852. The third kappa shape index (κ3) is 3.19. The standard InChI is InChI=1S/C14H16N2O3/c1-14(2,3)10-6-4-9(5-7-10)13-16-15-11(19-13)8-12(17)18/h4-7H,8H2,1-3H3,(H,17,18). The molecule has 0 unspecified atom stereocenters. The van der Waals surface area contributed by atoms with Crippen molar-refractivity contribution in [1.29, 1.82) is 0 Å². The summed E-state index contributed by atoms with van der Waals surface area (Å²) in [7, 11) is 0. The number of carbonyl (C=O) groups is 1. The van der Waals surface area contributed by atoms with E-state index in [9.17, 15) is 4.79 Å². The first-order valence-electron chi connectivity index (χ1n) is 6.01. The first-order valence-corrected chi connectivity index (χ1v) is 6.01. The molecule has 0 saturated carbocycles. The average Bonchev–Trinajstić information content (AvgIpc) is 2.75. The van der Waals surface area contributed by atoms with E-state index >= 15 is 0 Å². The van der Waals surface area contributed by atoms with Gasteiger partial charge >= 0.3 is 5.97 Å². The number of aliphatic carboxylic acids is 1. The van der Waals surface area contributed by atoms with Crippen molar-refractivity contribution in [2.45, 2.75) is 32.6 Å². The Bertz CT molecular complexity index is 579. The van der Waals surface area contributed by atoms with Crippen LogP contribution in [0, 0.1) is 0 Å². The van der Waals surface area contributed by atoms with Crippen LogP contribution in [-0.2, 0) is 16.6 Å². The van der Waals surface area contributed by atoms with Gasteiger partial charge in [0.1, 0.15) is 6.42 Å². The van der Waals surface area contributed by atoms with Crippen LogP contribution in [0.5, 0.6) is 0 Å². The summed E-state index contributed by atoms with van der Waals surface area (Å²) in [6, 6.07) is 7.82. The van der Waals surface area contributed by atoms with Gasteiger partial charge in [-0.05, 0) is 23.1 Å². The van der Waals surface area contributed by atoms with Gasteiger partial charge in [0.15, 0.2) is 0 Å². The Labute approximate surface area is 111 Å². The van der Waals surface area contributed by atoms with Crippen molar-refractivity contribution < 1.29 is 14.3 Å². The molecule has 0 saturated heterocycles. The molecular formula is C14H16N2O3. The molecular weight excluding hydrogens is 244 g/mol. The van der Waals surface area contributed by atoms with Gasteiger partial charge in [-0.1, -0.05) is 32.9 Å². The molecule has 0 bridgehead atoms. The summed E-state index contributed by atoms with van der Waals surface area (Å²) >= 11 is 0. The van der Waals surface area contributed by atoms with Crippen molar-refractivity contribution >= 4 is 5.97 Å². The number of aromatic nitrogens is 2. The summed E-state index contributed by atoms with van der Waals surface area (Å²) in [5.74, 6) is -0.530. The van der Waals surface area contributed by atoms with Gasteiger partial charge in [-0.15, -0.1) is 10.2 Å². The SMILES string of the molecule is CC(C)(C)c1ccc(-c2nnc(CC(=O)O)o2)cc1. The highest BCUT2D eigenvalue weighted by molar-refractivity contribution is 5.68. The number of carboxylic acid groups (broad SMARTS) is 1. The molecule has 0 atom stereocenters. The summed E-state index contributed by atoms with van der Waals surface area (Å²) in [6.07, 6.45) is -0.257. The van der Waals surface area contributed by atoms with Gasteiger partial charge < -0.3 is 9.52 Å². The fourth-order valence-corrected chi connectivity index (χ4v) is 1.68. The van der Waals surface area contributed by atoms with Crippen LogP contribution in [0.1, 0.15) is 32.2 Å². The molecule has 1 N–H and O–H groups in total. The van der Waals surface area contributed by atoms with Crippen LogP contribution in [0.25, 0.3) is 11.5 Å². The van der Waals surface area contributed by atoms with Gasteiger partial charge in [0.05, 0.1) is 0 Å². The second-order valence-electron chi connectivity index (χ2n) is 5.40. The van der Waals surface area contributed by atoms with E-state index < -0.39 is 5.97 Å². The maximum atomic E-state index is 10.5. The van der Waals surface area contributed by atoms with Crippen molar-refractivity contribution in [3.8, 4) is 11.5 Å². The molecule has 1 aromatic carbocycles. The highest BCUT2D eigenvalue weighted by Gasteiger charge is 2.15. The Morgan fingerprint density at radius 3 is 2.37 bits per heavy atom. The molecule has 0 aliphatic carbocycles. The van der Waals surface area contributed by atoms with Crippen molar-refractivity contribution in [1.82, 2.24) is 10.2 Å². The first kappa shape index (κ1) is 13.3. The van der Waals surface area contributed by atoms with E-state index in [1.165, 1.54) is 5.56 Å². The number of hydrogen-bond acceptors (Lipinski definition) is 4. The largest absolute Gasteiger partial charge is 0.481 e. The van der Waals surface area contributed by atoms with Crippen molar-refractivity contribution in [3.05, 3.63) is 35.7 Å². The second kappa shape index (κ2) is 4.84. The second-order valence-corrected chi connectivity index (χ2v) is 5.40. The smallest absolute Gasteiger partial charge is 0.312 e. The van der Waals surface area contributed by atoms with Crippen LogP contribution in [0.3, 0.4) is 0 Å². The third-order valence-electron chi connectivity index (χ3n) is 2.77. The van der Waals surface area contributed by atoms with Crippen molar-refractivity contribution in [3.63, 3.8) is 0 Å². The monoisotopic (exact) mass is 260 g/mol. The molecule has 19 heavy (non-hydrogen) atoms. The number of benzene rings is 1.